The summed E-state index contributed by atoms with van der Waals surface area (Å²) in [5.41, 5.74) is 1.76. The van der Waals surface area contributed by atoms with Gasteiger partial charge in [-0.15, -0.1) is 4.21 Å². The maximum Gasteiger partial charge on any atom is 0.228 e. The Balaban J connectivity index is 1.60. The number of hydrogen-bond donors (Lipinski definition) is 1. The smallest absolute Gasteiger partial charge is 0.228 e. The lowest BCUT2D eigenvalue weighted by Crippen LogP contribution is -2.25. The molecule has 0 spiro atoms. The second-order valence-electron chi connectivity index (χ2n) is 7.88. The highest BCUT2D eigenvalue weighted by Gasteiger charge is 2.23. The second kappa shape index (κ2) is 10.5. The van der Waals surface area contributed by atoms with Crippen LogP contribution in [-0.2, 0) is 31.8 Å². The Morgan fingerprint density at radius 2 is 1.56 bits per heavy atom. The van der Waals surface area contributed by atoms with Gasteiger partial charge in [0.15, 0.2) is 4.90 Å². The van der Waals surface area contributed by atoms with E-state index in [0.717, 1.165) is 16.0 Å². The molecule has 0 heterocycles. The van der Waals surface area contributed by atoms with E-state index in [1.807, 2.05) is 57.2 Å². The molecule has 1 N–H and O–H groups in total. The van der Waals surface area contributed by atoms with Crippen LogP contribution in [-0.4, -0.2) is 11.7 Å². The van der Waals surface area contributed by atoms with Crippen molar-refractivity contribution in [1.82, 2.24) is 0 Å². The molecule has 0 aliphatic carbocycles. The number of ether oxygens (including phenoxy) is 1. The molecule has 0 aliphatic heterocycles. The predicted molar refractivity (Wildman–Crippen MR) is 134 cm³/mol. The van der Waals surface area contributed by atoms with Crippen molar-refractivity contribution in [2.45, 2.75) is 37.7 Å². The van der Waals surface area contributed by atoms with Gasteiger partial charge in [-0.3, -0.25) is 4.79 Å². The second-order valence-corrected chi connectivity index (χ2v) is 10.7. The third-order valence-corrected chi connectivity index (χ3v) is 6.83. The van der Waals surface area contributed by atoms with E-state index in [1.165, 1.54) is 0 Å². The number of thiol groups is 1. The fraction of sp³-hybridized carbons (Fsp3) is 0.240. The van der Waals surface area contributed by atoms with E-state index in [1.54, 1.807) is 30.3 Å². The molecule has 0 fully saturated rings. The molecule has 32 heavy (non-hydrogen) atoms. The van der Waals surface area contributed by atoms with E-state index in [4.69, 9.17) is 27.9 Å². The minimum Gasteiger partial charge on any atom is -0.483 e. The van der Waals surface area contributed by atoms with Crippen LogP contribution in [0.15, 0.2) is 71.6 Å². The zero-order chi connectivity index (χ0) is 23.3. The third kappa shape index (κ3) is 6.58. The van der Waals surface area contributed by atoms with E-state index >= 15 is 0 Å². The van der Waals surface area contributed by atoms with Crippen molar-refractivity contribution in [3.8, 4) is 5.75 Å². The number of hydrogen-bond acceptors (Lipinski definition) is 3. The normalized spacial score (nSPS) is 12.3. The Labute approximate surface area is 201 Å². The van der Waals surface area contributed by atoms with Gasteiger partial charge in [0, 0.05) is 15.7 Å². The van der Waals surface area contributed by atoms with Crippen LogP contribution in [0.2, 0.25) is 10.0 Å². The lowest BCUT2D eigenvalue weighted by atomic mass is 9.98. The zero-order valence-electron chi connectivity index (χ0n) is 18.2. The summed E-state index contributed by atoms with van der Waals surface area (Å²) in [6.07, 6.45) is 0.240. The summed E-state index contributed by atoms with van der Waals surface area (Å²) in [5.74, 6) is 1.14. The SMILES string of the molecule is CC[SH+](=O)c1ccc(CC(=O)Nc2ccc(OC(C)(C)c3cc(Cl)cc(Cl)c3)cc2)cc1. The summed E-state index contributed by atoms with van der Waals surface area (Å²) in [6, 6.07) is 19.9. The van der Waals surface area contributed by atoms with Gasteiger partial charge in [0.2, 0.25) is 5.91 Å². The van der Waals surface area contributed by atoms with E-state index in [9.17, 15) is 9.00 Å². The highest BCUT2D eigenvalue weighted by Crippen LogP contribution is 2.32. The number of rotatable bonds is 8. The highest BCUT2D eigenvalue weighted by atomic mass is 35.5. The predicted octanol–water partition coefficient (Wildman–Crippen LogP) is 6.56. The first-order valence-electron chi connectivity index (χ1n) is 10.3. The van der Waals surface area contributed by atoms with E-state index in [-0.39, 0.29) is 12.3 Å². The fourth-order valence-corrected chi connectivity index (χ4v) is 4.59. The van der Waals surface area contributed by atoms with Crippen molar-refractivity contribution in [3.05, 3.63) is 87.9 Å². The van der Waals surface area contributed by atoms with Gasteiger partial charge in [0.25, 0.3) is 0 Å². The third-order valence-electron chi connectivity index (χ3n) is 4.95. The number of nitrogens with one attached hydrogen (secondary N) is 1. The Bertz CT molecular complexity index is 1090. The zero-order valence-corrected chi connectivity index (χ0v) is 20.6. The quantitative estimate of drug-likeness (QED) is 0.287. The topological polar surface area (TPSA) is 55.4 Å². The summed E-state index contributed by atoms with van der Waals surface area (Å²) >= 11 is 12.2. The van der Waals surface area contributed by atoms with Crippen LogP contribution >= 0.6 is 23.2 Å². The van der Waals surface area contributed by atoms with Crippen molar-refractivity contribution < 1.29 is 13.7 Å². The van der Waals surface area contributed by atoms with Gasteiger partial charge in [-0.1, -0.05) is 35.3 Å². The van der Waals surface area contributed by atoms with Crippen molar-refractivity contribution in [2.24, 2.45) is 0 Å². The number of halogens is 2. The number of carbonyl (C=O) groups excluding carboxylic acids is 1. The molecular weight excluding hydrogens is 465 g/mol. The molecule has 0 saturated carbocycles. The Kier molecular flexibility index (Phi) is 7.99. The minimum absolute atomic E-state index is 0.125. The van der Waals surface area contributed by atoms with Crippen molar-refractivity contribution in [3.63, 3.8) is 0 Å². The van der Waals surface area contributed by atoms with E-state index < -0.39 is 16.4 Å². The van der Waals surface area contributed by atoms with Gasteiger partial charge in [0.1, 0.15) is 27.9 Å². The number of carbonyl (C=O) groups is 1. The van der Waals surface area contributed by atoms with Gasteiger partial charge >= 0.3 is 0 Å². The van der Waals surface area contributed by atoms with Gasteiger partial charge in [-0.2, -0.15) is 0 Å². The average molecular weight is 491 g/mol. The monoisotopic (exact) mass is 490 g/mol. The first-order valence-corrected chi connectivity index (χ1v) is 12.5. The standard InChI is InChI=1S/C25H25Cl2NO3S/c1-4-32(30)23-11-5-17(6-12-23)13-24(29)28-21-7-9-22(10-8-21)31-25(2,3)18-14-19(26)16-20(27)15-18/h5-12,14-16H,4,13H2,1-3H3,(H,28,29)/p+1. The summed E-state index contributed by atoms with van der Waals surface area (Å²) < 4.78 is 18.0. The van der Waals surface area contributed by atoms with Crippen LogP contribution in [0.3, 0.4) is 0 Å². The van der Waals surface area contributed by atoms with Gasteiger partial charge in [0.05, 0.1) is 6.42 Å². The molecule has 0 bridgehead atoms. The molecule has 4 nitrogen and oxygen atoms in total. The van der Waals surface area contributed by atoms with Crippen LogP contribution < -0.4 is 10.1 Å². The molecule has 0 aromatic heterocycles. The lowest BCUT2D eigenvalue weighted by Gasteiger charge is -2.27. The van der Waals surface area contributed by atoms with E-state index in [0.29, 0.717) is 27.2 Å². The summed E-state index contributed by atoms with van der Waals surface area (Å²) in [6.45, 7) is 5.77. The van der Waals surface area contributed by atoms with Crippen LogP contribution in [0.1, 0.15) is 31.9 Å². The number of anilines is 1. The van der Waals surface area contributed by atoms with Crippen molar-refractivity contribution in [1.29, 1.82) is 0 Å². The van der Waals surface area contributed by atoms with Gasteiger partial charge in [-0.05, 0) is 86.5 Å². The lowest BCUT2D eigenvalue weighted by molar-refractivity contribution is -0.115. The molecule has 7 heteroatoms. The molecule has 0 radical (unpaired) electrons. The minimum atomic E-state index is -1.35. The van der Waals surface area contributed by atoms with Crippen LogP contribution in [0, 0.1) is 0 Å². The van der Waals surface area contributed by atoms with Crippen molar-refractivity contribution in [2.75, 3.05) is 11.1 Å². The first kappa shape index (κ1) is 24.3. The van der Waals surface area contributed by atoms with Gasteiger partial charge < -0.3 is 10.1 Å². The van der Waals surface area contributed by atoms with Crippen LogP contribution in [0.5, 0.6) is 5.75 Å². The molecular formula is C25H26Cl2NO3S+. The molecule has 0 aliphatic rings. The fourth-order valence-electron chi connectivity index (χ4n) is 3.21. The highest BCUT2D eigenvalue weighted by molar-refractivity contribution is 7.84. The molecule has 3 rings (SSSR count). The molecule has 1 unspecified atom stereocenters. The van der Waals surface area contributed by atoms with E-state index in [2.05, 4.69) is 5.32 Å². The summed E-state index contributed by atoms with van der Waals surface area (Å²) in [7, 11) is -1.35. The molecule has 3 aromatic carbocycles. The van der Waals surface area contributed by atoms with Gasteiger partial charge in [-0.25, -0.2) is 0 Å². The Morgan fingerprint density at radius 1 is 0.969 bits per heavy atom. The largest absolute Gasteiger partial charge is 0.483 e. The molecule has 1 atom stereocenters. The molecule has 1 amide bonds. The number of benzene rings is 3. The summed E-state index contributed by atoms with van der Waals surface area (Å²) in [5, 5.41) is 3.99. The maximum absolute atomic E-state index is 12.4. The Hall–Kier alpha value is -2.34. The first-order chi connectivity index (χ1) is 15.2. The average Bonchev–Trinajstić information content (AvgIpc) is 2.74. The molecule has 3 aromatic rings. The molecule has 168 valence electrons. The Morgan fingerprint density at radius 3 is 2.12 bits per heavy atom. The maximum atomic E-state index is 12.4. The van der Waals surface area contributed by atoms with Crippen LogP contribution in [0.25, 0.3) is 0 Å². The summed E-state index contributed by atoms with van der Waals surface area (Å²) in [4.78, 5) is 13.2. The van der Waals surface area contributed by atoms with Crippen LogP contribution in [0.4, 0.5) is 5.69 Å². The number of amides is 1. The van der Waals surface area contributed by atoms with Crippen molar-refractivity contribution >= 4 is 45.6 Å². The molecule has 0 saturated heterocycles.